The number of aliphatic carboxylic acids is 2. The summed E-state index contributed by atoms with van der Waals surface area (Å²) in [5, 5.41) is 16.7. The van der Waals surface area contributed by atoms with E-state index in [0.29, 0.717) is 12.8 Å². The molecule has 1 atom stereocenters. The Balaban J connectivity index is 0.000000422. The van der Waals surface area contributed by atoms with Crippen LogP contribution >= 0.6 is 0 Å². The Morgan fingerprint density at radius 1 is 1.00 bits per heavy atom. The summed E-state index contributed by atoms with van der Waals surface area (Å²) in [5.74, 6) is -3.21. The summed E-state index contributed by atoms with van der Waals surface area (Å²) in [6, 6.07) is 0. The number of carbonyl (C=O) groups excluding carboxylic acids is 2. The number of hydrogen-bond acceptors (Lipinski definition) is 6. The standard InChI is InChI=1S/C8H14O4.C4H5NO5S/c9-7(10)5-3-1-2-4-6-8(11)12;6-3-1-2(4(7)5-3)11(8,9)10/h1-6H2,(H,9,10)(H,11,12);2H,1H2,(H,5,6,7)(H,8,9,10). The number of carboxylic acids is 2. The molecule has 1 aliphatic heterocycles. The van der Waals surface area contributed by atoms with Crippen LogP contribution in [-0.2, 0) is 29.3 Å². The Labute approximate surface area is 132 Å². The third-order valence-electron chi connectivity index (χ3n) is 2.82. The van der Waals surface area contributed by atoms with E-state index in [2.05, 4.69) is 0 Å². The van der Waals surface area contributed by atoms with Crippen molar-refractivity contribution in [2.75, 3.05) is 0 Å². The van der Waals surface area contributed by atoms with E-state index in [4.69, 9.17) is 14.8 Å². The van der Waals surface area contributed by atoms with Crippen LogP contribution in [0.2, 0.25) is 0 Å². The predicted molar refractivity (Wildman–Crippen MR) is 76.1 cm³/mol. The van der Waals surface area contributed by atoms with Gasteiger partial charge in [-0.1, -0.05) is 12.8 Å². The molecule has 23 heavy (non-hydrogen) atoms. The van der Waals surface area contributed by atoms with E-state index in [1.807, 2.05) is 0 Å². The lowest BCUT2D eigenvalue weighted by atomic mass is 10.1. The fraction of sp³-hybridized carbons (Fsp3) is 0.667. The van der Waals surface area contributed by atoms with E-state index < -0.39 is 45.5 Å². The highest BCUT2D eigenvalue weighted by Gasteiger charge is 2.39. The molecule has 1 heterocycles. The Bertz CT molecular complexity index is 537. The smallest absolute Gasteiger partial charge is 0.303 e. The molecule has 1 fully saturated rings. The number of carbonyl (C=O) groups is 4. The zero-order valence-corrected chi connectivity index (χ0v) is 13.0. The van der Waals surface area contributed by atoms with Gasteiger partial charge in [-0.2, -0.15) is 8.42 Å². The highest BCUT2D eigenvalue weighted by molar-refractivity contribution is 7.87. The molecule has 1 unspecified atom stereocenters. The molecule has 2 amide bonds. The summed E-state index contributed by atoms with van der Waals surface area (Å²) in [4.78, 5) is 41.1. The van der Waals surface area contributed by atoms with Gasteiger partial charge in [0.2, 0.25) is 11.8 Å². The molecule has 0 aliphatic carbocycles. The maximum absolute atomic E-state index is 10.6. The summed E-state index contributed by atoms with van der Waals surface area (Å²) in [6.07, 6.45) is 2.79. The van der Waals surface area contributed by atoms with Crippen molar-refractivity contribution in [1.82, 2.24) is 5.32 Å². The van der Waals surface area contributed by atoms with Crippen LogP contribution in [0.4, 0.5) is 0 Å². The van der Waals surface area contributed by atoms with Gasteiger partial charge in [-0.3, -0.25) is 29.0 Å². The number of carboxylic acid groups (broad SMARTS) is 2. The molecule has 4 N–H and O–H groups in total. The molecule has 1 saturated heterocycles. The number of amides is 2. The molecular formula is C12H19NO9S. The first-order valence-electron chi connectivity index (χ1n) is 6.77. The van der Waals surface area contributed by atoms with E-state index >= 15 is 0 Å². The topological polar surface area (TPSA) is 175 Å². The van der Waals surface area contributed by atoms with Crippen LogP contribution in [0.3, 0.4) is 0 Å². The highest BCUT2D eigenvalue weighted by atomic mass is 32.2. The van der Waals surface area contributed by atoms with Crippen molar-refractivity contribution in [3.8, 4) is 0 Å². The van der Waals surface area contributed by atoms with E-state index in [-0.39, 0.29) is 12.8 Å². The highest BCUT2D eigenvalue weighted by Crippen LogP contribution is 2.10. The van der Waals surface area contributed by atoms with Crippen molar-refractivity contribution < 1.29 is 42.4 Å². The first-order valence-corrected chi connectivity index (χ1v) is 8.28. The molecule has 0 aromatic rings. The summed E-state index contributed by atoms with van der Waals surface area (Å²) >= 11 is 0. The molecule has 0 saturated carbocycles. The molecule has 11 heteroatoms. The van der Waals surface area contributed by atoms with Gasteiger partial charge in [-0.15, -0.1) is 0 Å². The number of rotatable bonds is 8. The molecular weight excluding hydrogens is 334 g/mol. The van der Waals surface area contributed by atoms with Crippen LogP contribution < -0.4 is 5.32 Å². The van der Waals surface area contributed by atoms with Gasteiger partial charge < -0.3 is 10.2 Å². The minimum absolute atomic E-state index is 0.188. The lowest BCUT2D eigenvalue weighted by Gasteiger charge is -1.98. The van der Waals surface area contributed by atoms with Gasteiger partial charge in [0.1, 0.15) is 0 Å². The first kappa shape index (κ1) is 21.0. The predicted octanol–water partition coefficient (Wildman–Crippen LogP) is -0.214. The van der Waals surface area contributed by atoms with Crippen LogP contribution in [0.25, 0.3) is 0 Å². The monoisotopic (exact) mass is 353 g/mol. The third kappa shape index (κ3) is 10.4. The van der Waals surface area contributed by atoms with Gasteiger partial charge in [0, 0.05) is 12.8 Å². The molecule has 0 aromatic carbocycles. The van der Waals surface area contributed by atoms with Crippen LogP contribution in [0, 0.1) is 0 Å². The maximum atomic E-state index is 10.6. The molecule has 0 aromatic heterocycles. The second-order valence-corrected chi connectivity index (χ2v) is 6.42. The number of hydrogen-bond donors (Lipinski definition) is 4. The SMILES string of the molecule is O=C(O)CCCCCCC(=O)O.O=C1CC(S(=O)(=O)O)C(=O)N1. The molecule has 1 aliphatic rings. The van der Waals surface area contributed by atoms with Crippen molar-refractivity contribution >= 4 is 33.9 Å². The van der Waals surface area contributed by atoms with E-state index in [1.165, 1.54) is 0 Å². The fourth-order valence-electron chi connectivity index (χ4n) is 1.68. The van der Waals surface area contributed by atoms with Gasteiger partial charge in [0.25, 0.3) is 10.1 Å². The van der Waals surface area contributed by atoms with E-state index in [9.17, 15) is 27.6 Å². The van der Waals surface area contributed by atoms with Crippen molar-refractivity contribution in [3.05, 3.63) is 0 Å². The van der Waals surface area contributed by atoms with E-state index in [0.717, 1.165) is 12.8 Å². The zero-order chi connectivity index (χ0) is 18.0. The van der Waals surface area contributed by atoms with Crippen molar-refractivity contribution in [2.24, 2.45) is 0 Å². The van der Waals surface area contributed by atoms with Crippen LogP contribution in [0.15, 0.2) is 0 Å². The Hall–Kier alpha value is -2.01. The fourth-order valence-corrected chi connectivity index (χ4v) is 2.37. The normalized spacial score (nSPS) is 17.2. The lowest BCUT2D eigenvalue weighted by molar-refractivity contribution is -0.138. The summed E-state index contributed by atoms with van der Waals surface area (Å²) in [5.41, 5.74) is 0. The average Bonchev–Trinajstić information content (AvgIpc) is 2.73. The maximum Gasteiger partial charge on any atom is 0.303 e. The van der Waals surface area contributed by atoms with Gasteiger partial charge in [0.05, 0.1) is 6.42 Å². The van der Waals surface area contributed by atoms with Gasteiger partial charge in [0.15, 0.2) is 5.25 Å². The number of nitrogens with one attached hydrogen (secondary N) is 1. The van der Waals surface area contributed by atoms with E-state index in [1.54, 1.807) is 5.32 Å². The summed E-state index contributed by atoms with van der Waals surface area (Å²) in [7, 11) is -4.42. The van der Waals surface area contributed by atoms with Crippen molar-refractivity contribution in [3.63, 3.8) is 0 Å². The minimum Gasteiger partial charge on any atom is -0.481 e. The summed E-state index contributed by atoms with van der Waals surface area (Å²) in [6.45, 7) is 0. The Morgan fingerprint density at radius 2 is 1.43 bits per heavy atom. The van der Waals surface area contributed by atoms with Gasteiger partial charge in [-0.25, -0.2) is 0 Å². The molecule has 1 rings (SSSR count). The van der Waals surface area contributed by atoms with Crippen molar-refractivity contribution in [2.45, 2.75) is 50.2 Å². The van der Waals surface area contributed by atoms with Gasteiger partial charge >= 0.3 is 11.9 Å². The lowest BCUT2D eigenvalue weighted by Crippen LogP contribution is -2.30. The largest absolute Gasteiger partial charge is 0.481 e. The van der Waals surface area contributed by atoms with Crippen LogP contribution in [0.5, 0.6) is 0 Å². The molecule has 0 bridgehead atoms. The van der Waals surface area contributed by atoms with Crippen LogP contribution in [0.1, 0.15) is 44.9 Å². The molecule has 0 radical (unpaired) electrons. The molecule has 0 spiro atoms. The van der Waals surface area contributed by atoms with Crippen LogP contribution in [-0.4, -0.2) is 52.2 Å². The summed E-state index contributed by atoms with van der Waals surface area (Å²) < 4.78 is 29.0. The second kappa shape index (κ2) is 9.90. The zero-order valence-electron chi connectivity index (χ0n) is 12.2. The minimum atomic E-state index is -4.42. The third-order valence-corrected chi connectivity index (χ3v) is 3.92. The average molecular weight is 353 g/mol. The second-order valence-electron chi connectivity index (χ2n) is 4.82. The van der Waals surface area contributed by atoms with Crippen molar-refractivity contribution in [1.29, 1.82) is 0 Å². The Kier molecular flexibility index (Phi) is 9.03. The Morgan fingerprint density at radius 3 is 1.65 bits per heavy atom. The number of imide groups is 1. The number of unbranched alkanes of at least 4 members (excludes halogenated alkanes) is 3. The quantitative estimate of drug-likeness (QED) is 0.261. The first-order chi connectivity index (χ1) is 10.5. The molecule has 132 valence electrons. The van der Waals surface area contributed by atoms with Gasteiger partial charge in [-0.05, 0) is 12.8 Å². The molecule has 10 nitrogen and oxygen atoms in total.